The third kappa shape index (κ3) is 5.42. The van der Waals surface area contributed by atoms with Gasteiger partial charge in [0.15, 0.2) is 5.13 Å². The molecule has 12 heteroatoms. The summed E-state index contributed by atoms with van der Waals surface area (Å²) in [5.41, 5.74) is 3.59. The van der Waals surface area contributed by atoms with Crippen molar-refractivity contribution in [3.8, 4) is 17.0 Å². The van der Waals surface area contributed by atoms with Gasteiger partial charge in [0.2, 0.25) is 0 Å². The lowest BCUT2D eigenvalue weighted by Crippen LogP contribution is -2.46. The van der Waals surface area contributed by atoms with E-state index in [0.29, 0.717) is 28.5 Å². The molecular formula is C32H32F3N3O5S. The largest absolute Gasteiger partial charge is 0.573 e. The zero-order valence-electron chi connectivity index (χ0n) is 24.5. The Morgan fingerprint density at radius 1 is 1.16 bits per heavy atom. The average Bonchev–Trinajstić information content (AvgIpc) is 3.53. The van der Waals surface area contributed by atoms with Gasteiger partial charge in [0, 0.05) is 29.1 Å². The Labute approximate surface area is 256 Å². The lowest BCUT2D eigenvalue weighted by atomic mass is 9.97. The number of carbonyl (C=O) groups excluding carboxylic acids is 1. The molecule has 4 atom stereocenters. The number of esters is 1. The van der Waals surface area contributed by atoms with Gasteiger partial charge in [-0.1, -0.05) is 35.5 Å². The van der Waals surface area contributed by atoms with Crippen LogP contribution in [0.1, 0.15) is 72.2 Å². The summed E-state index contributed by atoms with van der Waals surface area (Å²) in [6, 6.07) is 10.1. The van der Waals surface area contributed by atoms with Crippen LogP contribution in [0.15, 0.2) is 40.9 Å². The maximum atomic E-state index is 13.2. The molecule has 2 aliphatic heterocycles. The number of thiazole rings is 1. The molecule has 8 nitrogen and oxygen atoms in total. The van der Waals surface area contributed by atoms with Crippen molar-refractivity contribution in [2.45, 2.75) is 83.0 Å². The number of aromatic nitrogens is 2. The summed E-state index contributed by atoms with van der Waals surface area (Å²) in [4.78, 5) is 19.6. The summed E-state index contributed by atoms with van der Waals surface area (Å²) in [5, 5.41) is 5.16. The molecule has 232 valence electrons. The lowest BCUT2D eigenvalue weighted by molar-refractivity contribution is -0.274. The third-order valence-electron chi connectivity index (χ3n) is 9.00. The van der Waals surface area contributed by atoms with Crippen LogP contribution in [-0.2, 0) is 16.1 Å². The summed E-state index contributed by atoms with van der Waals surface area (Å²) >= 11 is 1.59. The molecule has 0 amide bonds. The number of halogens is 3. The van der Waals surface area contributed by atoms with Crippen molar-refractivity contribution in [3.05, 3.63) is 58.8 Å². The highest BCUT2D eigenvalue weighted by Gasteiger charge is 2.47. The van der Waals surface area contributed by atoms with Gasteiger partial charge in [0.05, 0.1) is 35.6 Å². The van der Waals surface area contributed by atoms with Gasteiger partial charge in [-0.25, -0.2) is 9.78 Å². The van der Waals surface area contributed by atoms with E-state index in [-0.39, 0.29) is 48.0 Å². The molecular weight excluding hydrogens is 595 g/mol. The first kappa shape index (κ1) is 29.1. The molecule has 4 heterocycles. The van der Waals surface area contributed by atoms with Gasteiger partial charge < -0.3 is 23.6 Å². The highest BCUT2D eigenvalue weighted by Crippen LogP contribution is 2.48. The Morgan fingerprint density at radius 3 is 2.68 bits per heavy atom. The molecule has 3 aliphatic rings. The zero-order valence-corrected chi connectivity index (χ0v) is 25.3. The fraction of sp³-hybridized carbons (Fsp3) is 0.469. The van der Waals surface area contributed by atoms with E-state index in [1.165, 1.54) is 19.2 Å². The van der Waals surface area contributed by atoms with Crippen molar-refractivity contribution >= 4 is 32.7 Å². The van der Waals surface area contributed by atoms with E-state index in [9.17, 15) is 18.0 Å². The maximum Gasteiger partial charge on any atom is 0.573 e. The number of piperidine rings is 1. The number of fused-ring (bicyclic) bond motifs is 3. The van der Waals surface area contributed by atoms with E-state index in [0.717, 1.165) is 53.0 Å². The topological polar surface area (TPSA) is 86.9 Å². The van der Waals surface area contributed by atoms with Crippen LogP contribution in [0.2, 0.25) is 0 Å². The number of aryl methyl sites for hydroxylation is 1. The fourth-order valence-electron chi connectivity index (χ4n) is 6.85. The second-order valence-electron chi connectivity index (χ2n) is 12.1. The molecule has 7 rings (SSSR count). The average molecular weight is 628 g/mol. The minimum absolute atomic E-state index is 0.0373. The second-order valence-corrected chi connectivity index (χ2v) is 13.1. The van der Waals surface area contributed by atoms with Crippen LogP contribution in [0, 0.1) is 12.8 Å². The summed E-state index contributed by atoms with van der Waals surface area (Å²) in [5.74, 6) is 0.639. The van der Waals surface area contributed by atoms with E-state index < -0.39 is 6.36 Å². The minimum Gasteiger partial charge on any atom is -0.465 e. The molecule has 44 heavy (non-hydrogen) atoms. The number of rotatable bonds is 8. The SMILES string of the molecule is COC(=O)c1cc(C)c2nc(N3C4CC(OCc5c(-c6ccccc6OC(F)(F)F)noc5C5CC5)CC3[C@H](C)C4)sc2c1. The number of ether oxygens (including phenoxy) is 3. The lowest BCUT2D eigenvalue weighted by Gasteiger charge is -2.39. The predicted molar refractivity (Wildman–Crippen MR) is 158 cm³/mol. The molecule has 0 N–H and O–H groups in total. The van der Waals surface area contributed by atoms with Gasteiger partial charge in [0.1, 0.15) is 17.2 Å². The van der Waals surface area contributed by atoms with Crippen molar-refractivity contribution in [1.82, 2.24) is 10.1 Å². The smallest absolute Gasteiger partial charge is 0.465 e. The highest BCUT2D eigenvalue weighted by atomic mass is 32.1. The van der Waals surface area contributed by atoms with Crippen molar-refractivity contribution in [1.29, 1.82) is 0 Å². The normalized spacial score (nSPS) is 23.4. The molecule has 3 fully saturated rings. The Morgan fingerprint density at radius 2 is 1.95 bits per heavy atom. The summed E-state index contributed by atoms with van der Waals surface area (Å²) in [6.07, 6.45) is -0.351. The molecule has 0 radical (unpaired) electrons. The molecule has 1 aliphatic carbocycles. The number of para-hydroxylation sites is 1. The highest BCUT2D eigenvalue weighted by molar-refractivity contribution is 7.22. The molecule has 2 aromatic heterocycles. The van der Waals surface area contributed by atoms with Gasteiger partial charge in [-0.2, -0.15) is 0 Å². The number of benzene rings is 2. The molecule has 0 spiro atoms. The second kappa shape index (κ2) is 11.1. The molecule has 2 aromatic carbocycles. The minimum atomic E-state index is -4.83. The predicted octanol–water partition coefficient (Wildman–Crippen LogP) is 7.78. The number of alkyl halides is 3. The number of methoxy groups -OCH3 is 1. The number of anilines is 1. The van der Waals surface area contributed by atoms with Crippen molar-refractivity contribution in [2.24, 2.45) is 5.92 Å². The van der Waals surface area contributed by atoms with Gasteiger partial charge in [-0.3, -0.25) is 0 Å². The number of hydrogen-bond acceptors (Lipinski definition) is 9. The van der Waals surface area contributed by atoms with Crippen LogP contribution in [0.25, 0.3) is 21.5 Å². The molecule has 2 bridgehead atoms. The van der Waals surface area contributed by atoms with Gasteiger partial charge in [-0.15, -0.1) is 13.2 Å². The standard InChI is InChI=1S/C32H32F3N3O5S/c1-16-11-20-13-21(14-24(16)38(20)31-36-27-17(2)10-19(30(39)40-3)12-26(27)44-31)41-15-23-28(37-43-29(23)18-8-9-18)22-6-4-5-7-25(22)42-32(33,34)35/h4-7,10,12,16,18,20-21,24H,8-9,11,13-15H2,1-3H3/t16-,20?,21?,24?/m1/s1. The van der Waals surface area contributed by atoms with Gasteiger partial charge in [-0.05, 0) is 74.8 Å². The fourth-order valence-corrected chi connectivity index (χ4v) is 8.06. The first-order chi connectivity index (χ1) is 21.1. The third-order valence-corrected chi connectivity index (χ3v) is 10.0. The van der Waals surface area contributed by atoms with Gasteiger partial charge >= 0.3 is 12.3 Å². The Kier molecular flexibility index (Phi) is 7.31. The van der Waals surface area contributed by atoms with E-state index in [4.69, 9.17) is 19.0 Å². The summed E-state index contributed by atoms with van der Waals surface area (Å²) < 4.78 is 61.9. The van der Waals surface area contributed by atoms with Gasteiger partial charge in [0.25, 0.3) is 0 Å². The first-order valence-electron chi connectivity index (χ1n) is 14.8. The van der Waals surface area contributed by atoms with Crippen molar-refractivity contribution in [3.63, 3.8) is 0 Å². The monoisotopic (exact) mass is 627 g/mol. The van der Waals surface area contributed by atoms with E-state index in [2.05, 4.69) is 21.7 Å². The summed E-state index contributed by atoms with van der Waals surface area (Å²) in [7, 11) is 1.38. The van der Waals surface area contributed by atoms with Crippen LogP contribution in [0.3, 0.4) is 0 Å². The van der Waals surface area contributed by atoms with Crippen LogP contribution in [0.4, 0.5) is 18.3 Å². The molecule has 4 aromatic rings. The van der Waals surface area contributed by atoms with E-state index in [1.807, 2.05) is 19.1 Å². The van der Waals surface area contributed by atoms with E-state index >= 15 is 0 Å². The Hall–Kier alpha value is -3.64. The van der Waals surface area contributed by atoms with Crippen LogP contribution in [0.5, 0.6) is 5.75 Å². The maximum absolute atomic E-state index is 13.2. The molecule has 1 saturated carbocycles. The van der Waals surface area contributed by atoms with Crippen LogP contribution in [-0.4, -0.2) is 47.8 Å². The Bertz CT molecular complexity index is 1710. The first-order valence-corrected chi connectivity index (χ1v) is 15.6. The van der Waals surface area contributed by atoms with Crippen LogP contribution >= 0.6 is 11.3 Å². The number of nitrogens with zero attached hydrogens (tertiary/aromatic N) is 3. The Balaban J connectivity index is 1.12. The number of carbonyl (C=O) groups is 1. The quantitative estimate of drug-likeness (QED) is 0.183. The molecule has 2 saturated heterocycles. The van der Waals surface area contributed by atoms with Crippen molar-refractivity contribution in [2.75, 3.05) is 12.0 Å². The van der Waals surface area contributed by atoms with Crippen molar-refractivity contribution < 1.29 is 36.7 Å². The molecule has 3 unspecified atom stereocenters. The number of hydrogen-bond donors (Lipinski definition) is 0. The van der Waals surface area contributed by atoms with E-state index in [1.54, 1.807) is 23.5 Å². The van der Waals surface area contributed by atoms with Crippen LogP contribution < -0.4 is 9.64 Å². The zero-order chi connectivity index (χ0) is 30.7. The summed E-state index contributed by atoms with van der Waals surface area (Å²) in [6.45, 7) is 4.41.